The van der Waals surface area contributed by atoms with Crippen LogP contribution in [0, 0.1) is 0 Å². The first-order valence-electron chi connectivity index (χ1n) is 8.68. The Morgan fingerprint density at radius 2 is 2.35 bits per heavy atom. The van der Waals surface area contributed by atoms with Crippen LogP contribution >= 0.6 is 11.3 Å². The minimum absolute atomic E-state index is 0.00390. The highest BCUT2D eigenvalue weighted by atomic mass is 32.1. The Morgan fingerprint density at radius 3 is 3.12 bits per heavy atom. The summed E-state index contributed by atoms with van der Waals surface area (Å²) in [6, 6.07) is 5.78. The van der Waals surface area contributed by atoms with E-state index in [0.29, 0.717) is 18.0 Å². The number of aryl methyl sites for hydroxylation is 1. The lowest BCUT2D eigenvalue weighted by atomic mass is 9.92. The van der Waals surface area contributed by atoms with Gasteiger partial charge in [0.2, 0.25) is 5.91 Å². The molecule has 3 aromatic rings. The zero-order chi connectivity index (χ0) is 17.9. The molecule has 0 fully saturated rings. The first kappa shape index (κ1) is 16.7. The number of carbonyl (C=O) groups excluding carboxylic acids is 1. The van der Waals surface area contributed by atoms with Crippen molar-refractivity contribution in [3.63, 3.8) is 0 Å². The maximum atomic E-state index is 12.4. The van der Waals surface area contributed by atoms with Crippen LogP contribution in [0.4, 0.5) is 5.13 Å². The number of carbonyl (C=O) groups is 1. The summed E-state index contributed by atoms with van der Waals surface area (Å²) in [4.78, 5) is 20.9. The number of anilines is 1. The molecule has 1 amide bonds. The molecule has 0 aromatic carbocycles. The number of nitrogens with one attached hydrogen (secondary N) is 1. The number of nitrogen functional groups attached to an aromatic ring is 1. The summed E-state index contributed by atoms with van der Waals surface area (Å²) in [6.07, 6.45) is 7.51. The fourth-order valence-corrected chi connectivity index (χ4v) is 3.93. The molecule has 134 valence electrons. The van der Waals surface area contributed by atoms with E-state index < -0.39 is 0 Å². The molecule has 0 spiro atoms. The molecule has 7 nitrogen and oxygen atoms in total. The minimum atomic E-state index is 0.00390. The summed E-state index contributed by atoms with van der Waals surface area (Å²) >= 11 is 1.40. The highest BCUT2D eigenvalue weighted by molar-refractivity contribution is 7.13. The van der Waals surface area contributed by atoms with E-state index in [0.717, 1.165) is 42.0 Å². The van der Waals surface area contributed by atoms with Crippen molar-refractivity contribution in [3.8, 4) is 5.82 Å². The summed E-state index contributed by atoms with van der Waals surface area (Å²) in [5, 5.41) is 10.1. The van der Waals surface area contributed by atoms with E-state index in [2.05, 4.69) is 20.4 Å². The number of nitrogens with two attached hydrogens (primary N) is 1. The van der Waals surface area contributed by atoms with Gasteiger partial charge in [-0.15, -0.1) is 11.3 Å². The molecule has 3 aromatic heterocycles. The van der Waals surface area contributed by atoms with Crippen LogP contribution < -0.4 is 11.1 Å². The molecule has 1 aliphatic rings. The van der Waals surface area contributed by atoms with Crippen LogP contribution in [0.2, 0.25) is 0 Å². The number of fused-ring (bicyclic) bond motifs is 1. The van der Waals surface area contributed by atoms with Crippen molar-refractivity contribution >= 4 is 22.4 Å². The summed E-state index contributed by atoms with van der Waals surface area (Å²) in [6.45, 7) is 0. The molecule has 0 aliphatic heterocycles. The molecule has 26 heavy (non-hydrogen) atoms. The molecular weight excluding hydrogens is 348 g/mol. The van der Waals surface area contributed by atoms with Gasteiger partial charge in [-0.25, -0.2) is 14.6 Å². The zero-order valence-corrected chi connectivity index (χ0v) is 15.1. The average Bonchev–Trinajstić information content (AvgIpc) is 3.27. The lowest BCUT2D eigenvalue weighted by molar-refractivity contribution is -0.121. The number of pyridine rings is 1. The first-order valence-corrected chi connectivity index (χ1v) is 9.56. The van der Waals surface area contributed by atoms with E-state index in [1.54, 1.807) is 6.20 Å². The Labute approximate surface area is 155 Å². The van der Waals surface area contributed by atoms with Gasteiger partial charge in [0.05, 0.1) is 23.6 Å². The third-order valence-corrected chi connectivity index (χ3v) is 5.28. The summed E-state index contributed by atoms with van der Waals surface area (Å²) in [5.74, 6) is 0.835. The molecule has 0 saturated carbocycles. The molecule has 8 heteroatoms. The number of hydrogen-bond donors (Lipinski definition) is 2. The molecular formula is C18H20N6OS. The van der Waals surface area contributed by atoms with Crippen LogP contribution in [0.15, 0.2) is 36.0 Å². The topological polar surface area (TPSA) is 98.7 Å². The Kier molecular flexibility index (Phi) is 4.66. The lowest BCUT2D eigenvalue weighted by Gasteiger charge is -2.24. The van der Waals surface area contributed by atoms with Gasteiger partial charge in [0.15, 0.2) is 10.9 Å². The molecule has 0 unspecified atom stereocenters. The van der Waals surface area contributed by atoms with Gasteiger partial charge in [-0.2, -0.15) is 5.10 Å². The van der Waals surface area contributed by atoms with Gasteiger partial charge in [0.1, 0.15) is 0 Å². The predicted molar refractivity (Wildman–Crippen MR) is 100 cm³/mol. The lowest BCUT2D eigenvalue weighted by Crippen LogP contribution is -2.31. The smallest absolute Gasteiger partial charge is 0.220 e. The monoisotopic (exact) mass is 368 g/mol. The van der Waals surface area contributed by atoms with Crippen molar-refractivity contribution in [2.75, 3.05) is 5.73 Å². The van der Waals surface area contributed by atoms with Gasteiger partial charge in [0, 0.05) is 23.6 Å². The molecule has 0 saturated heterocycles. The second-order valence-corrected chi connectivity index (χ2v) is 7.23. The van der Waals surface area contributed by atoms with Gasteiger partial charge in [-0.3, -0.25) is 4.79 Å². The van der Waals surface area contributed by atoms with Crippen LogP contribution in [-0.2, 0) is 17.6 Å². The summed E-state index contributed by atoms with van der Waals surface area (Å²) in [7, 11) is 0. The Hall–Kier alpha value is -2.74. The number of amides is 1. The van der Waals surface area contributed by atoms with Crippen molar-refractivity contribution in [1.29, 1.82) is 0 Å². The standard InChI is InChI=1S/C18H20N6OS/c19-18-22-12(11-26-18)7-8-17(25)23-14-4-3-5-15-13(14)10-21-24(15)16-6-1-2-9-20-16/h1-2,6,9-11,14H,3-5,7-8H2,(H2,19,22)(H,23,25)/t14-/m1/s1. The van der Waals surface area contributed by atoms with Crippen LogP contribution in [0.25, 0.3) is 5.82 Å². The van der Waals surface area contributed by atoms with Gasteiger partial charge in [0.25, 0.3) is 0 Å². The minimum Gasteiger partial charge on any atom is -0.375 e. The largest absolute Gasteiger partial charge is 0.375 e. The summed E-state index contributed by atoms with van der Waals surface area (Å²) < 4.78 is 1.88. The van der Waals surface area contributed by atoms with E-state index in [1.165, 1.54) is 11.3 Å². The SMILES string of the molecule is Nc1nc(CCC(=O)N[C@@H]2CCCc3c2cnn3-c2ccccn2)cs1. The van der Waals surface area contributed by atoms with E-state index in [4.69, 9.17) is 5.73 Å². The molecule has 3 heterocycles. The fourth-order valence-electron chi connectivity index (χ4n) is 3.33. The maximum absolute atomic E-state index is 12.4. The summed E-state index contributed by atoms with van der Waals surface area (Å²) in [5.41, 5.74) is 8.72. The normalized spacial score (nSPS) is 16.2. The molecule has 3 N–H and O–H groups in total. The number of rotatable bonds is 5. The second-order valence-electron chi connectivity index (χ2n) is 6.34. The number of hydrogen-bond acceptors (Lipinski definition) is 6. The molecule has 1 atom stereocenters. The van der Waals surface area contributed by atoms with Gasteiger partial charge in [-0.05, 0) is 37.8 Å². The first-order chi connectivity index (χ1) is 12.7. The van der Waals surface area contributed by atoms with Gasteiger partial charge in [-0.1, -0.05) is 6.07 Å². The number of thiazole rings is 1. The number of aromatic nitrogens is 4. The van der Waals surface area contributed by atoms with E-state index >= 15 is 0 Å². The van der Waals surface area contributed by atoms with Crippen LogP contribution in [0.3, 0.4) is 0 Å². The van der Waals surface area contributed by atoms with Gasteiger partial charge < -0.3 is 11.1 Å². The third kappa shape index (κ3) is 3.45. The third-order valence-electron chi connectivity index (χ3n) is 4.56. The Bertz CT molecular complexity index is 904. The molecule has 4 rings (SSSR count). The van der Waals surface area contributed by atoms with Crippen molar-refractivity contribution < 1.29 is 4.79 Å². The van der Waals surface area contributed by atoms with Crippen LogP contribution in [0.5, 0.6) is 0 Å². The fraction of sp³-hybridized carbons (Fsp3) is 0.333. The molecule has 1 aliphatic carbocycles. The predicted octanol–water partition coefficient (Wildman–Crippen LogP) is 2.43. The van der Waals surface area contributed by atoms with Crippen molar-refractivity contribution in [3.05, 3.63) is 52.9 Å². The van der Waals surface area contributed by atoms with Crippen molar-refractivity contribution in [2.24, 2.45) is 0 Å². The van der Waals surface area contributed by atoms with Crippen LogP contribution in [-0.4, -0.2) is 25.7 Å². The molecule has 0 bridgehead atoms. The zero-order valence-electron chi connectivity index (χ0n) is 14.3. The van der Waals surface area contributed by atoms with E-state index in [-0.39, 0.29) is 11.9 Å². The van der Waals surface area contributed by atoms with Crippen molar-refractivity contribution in [1.82, 2.24) is 25.1 Å². The highest BCUT2D eigenvalue weighted by Gasteiger charge is 2.26. The van der Waals surface area contributed by atoms with E-state index in [9.17, 15) is 4.79 Å². The van der Waals surface area contributed by atoms with Crippen molar-refractivity contribution in [2.45, 2.75) is 38.1 Å². The molecule has 0 radical (unpaired) electrons. The second kappa shape index (κ2) is 7.25. The number of nitrogens with zero attached hydrogens (tertiary/aromatic N) is 4. The maximum Gasteiger partial charge on any atom is 0.220 e. The Morgan fingerprint density at radius 1 is 1.42 bits per heavy atom. The van der Waals surface area contributed by atoms with Gasteiger partial charge >= 0.3 is 0 Å². The average molecular weight is 368 g/mol. The Balaban J connectivity index is 1.45. The quantitative estimate of drug-likeness (QED) is 0.721. The highest BCUT2D eigenvalue weighted by Crippen LogP contribution is 2.30. The van der Waals surface area contributed by atoms with Crippen LogP contribution in [0.1, 0.15) is 42.3 Å². The van der Waals surface area contributed by atoms with E-state index in [1.807, 2.05) is 34.5 Å².